The van der Waals surface area contributed by atoms with Gasteiger partial charge >= 0.3 is 6.03 Å². The number of urea groups is 1. The van der Waals surface area contributed by atoms with Gasteiger partial charge in [0.25, 0.3) is 0 Å². The Morgan fingerprint density at radius 2 is 2.12 bits per heavy atom. The zero-order chi connectivity index (χ0) is 18.5. The van der Waals surface area contributed by atoms with Crippen molar-refractivity contribution in [1.29, 1.82) is 0 Å². The van der Waals surface area contributed by atoms with Crippen molar-refractivity contribution >= 4 is 6.03 Å². The summed E-state index contributed by atoms with van der Waals surface area (Å²) in [7, 11) is 0. The van der Waals surface area contributed by atoms with Gasteiger partial charge in [-0.3, -0.25) is 4.98 Å². The highest BCUT2D eigenvalue weighted by Crippen LogP contribution is 2.32. The summed E-state index contributed by atoms with van der Waals surface area (Å²) in [5, 5.41) is 5.91. The minimum Gasteiger partial charge on any atom is -0.334 e. The zero-order valence-electron chi connectivity index (χ0n) is 15.5. The van der Waals surface area contributed by atoms with Gasteiger partial charge in [0.1, 0.15) is 0 Å². The van der Waals surface area contributed by atoms with Gasteiger partial charge in [-0.05, 0) is 44.9 Å². The van der Waals surface area contributed by atoms with Gasteiger partial charge in [-0.1, -0.05) is 48.6 Å². The van der Waals surface area contributed by atoms with Crippen LogP contribution in [-0.2, 0) is 6.54 Å². The summed E-state index contributed by atoms with van der Waals surface area (Å²) in [6.45, 7) is 12.6. The van der Waals surface area contributed by atoms with Gasteiger partial charge in [0, 0.05) is 24.4 Å². The normalized spacial score (nSPS) is 19.8. The molecule has 0 saturated heterocycles. The molecule has 2 rings (SSSR count). The Bertz CT molecular complexity index is 729. The first-order valence-corrected chi connectivity index (χ1v) is 8.43. The third-order valence-corrected chi connectivity index (χ3v) is 4.57. The molecule has 25 heavy (non-hydrogen) atoms. The fourth-order valence-electron chi connectivity index (χ4n) is 2.51. The maximum Gasteiger partial charge on any atom is 0.315 e. The van der Waals surface area contributed by atoms with E-state index in [0.29, 0.717) is 6.54 Å². The van der Waals surface area contributed by atoms with E-state index in [0.717, 1.165) is 16.7 Å². The smallest absolute Gasteiger partial charge is 0.315 e. The van der Waals surface area contributed by atoms with Crippen LogP contribution in [0.3, 0.4) is 0 Å². The minimum atomic E-state index is -0.500. The Kier molecular flexibility index (Phi) is 5.62. The molecule has 1 aromatic rings. The Balaban J connectivity index is 2.01. The second-order valence-corrected chi connectivity index (χ2v) is 7.17. The molecule has 1 heterocycles. The number of amides is 2. The van der Waals surface area contributed by atoms with Crippen LogP contribution >= 0.6 is 0 Å². The van der Waals surface area contributed by atoms with Crippen molar-refractivity contribution in [2.24, 2.45) is 5.41 Å². The maximum absolute atomic E-state index is 12.3. The van der Waals surface area contributed by atoms with Crippen LogP contribution in [0.25, 0.3) is 0 Å². The Hall–Kier alpha value is -2.62. The standard InChI is InChI=1S/C21H27N3O/c1-16(2)21(5)11-6-9-18(10-12-21)20(3,4)24-19(25)23-15-17-8-7-13-22-14-17/h6-14H,1,15H2,2-5H3,(H2,23,24,25). The Morgan fingerprint density at radius 1 is 1.36 bits per heavy atom. The number of nitrogens with zero attached hydrogens (tertiary/aromatic N) is 1. The average Bonchev–Trinajstić information content (AvgIpc) is 2.77. The molecule has 0 bridgehead atoms. The van der Waals surface area contributed by atoms with E-state index in [1.165, 1.54) is 0 Å². The first-order chi connectivity index (χ1) is 11.7. The van der Waals surface area contributed by atoms with E-state index in [1.54, 1.807) is 12.4 Å². The molecule has 0 spiro atoms. The summed E-state index contributed by atoms with van der Waals surface area (Å²) in [5.74, 6) is 0. The average molecular weight is 337 g/mol. The highest BCUT2D eigenvalue weighted by molar-refractivity contribution is 5.75. The summed E-state index contributed by atoms with van der Waals surface area (Å²) in [6, 6.07) is 3.57. The number of allylic oxidation sites excluding steroid dienone is 5. The molecule has 4 heteroatoms. The molecular weight excluding hydrogens is 310 g/mol. The molecule has 0 radical (unpaired) electrons. The molecular formula is C21H27N3O. The highest BCUT2D eigenvalue weighted by atomic mass is 16.2. The molecule has 0 aromatic carbocycles. The second kappa shape index (κ2) is 7.51. The number of hydrogen-bond acceptors (Lipinski definition) is 2. The van der Waals surface area contributed by atoms with E-state index >= 15 is 0 Å². The topological polar surface area (TPSA) is 54.0 Å². The van der Waals surface area contributed by atoms with Crippen LogP contribution in [-0.4, -0.2) is 16.6 Å². The van der Waals surface area contributed by atoms with Crippen LogP contribution in [0.4, 0.5) is 4.79 Å². The molecule has 0 aliphatic heterocycles. The summed E-state index contributed by atoms with van der Waals surface area (Å²) in [6.07, 6.45) is 13.8. The lowest BCUT2D eigenvalue weighted by atomic mass is 9.83. The second-order valence-electron chi connectivity index (χ2n) is 7.17. The van der Waals surface area contributed by atoms with E-state index in [2.05, 4.69) is 47.3 Å². The Morgan fingerprint density at radius 3 is 2.76 bits per heavy atom. The Labute approximate surface area is 150 Å². The monoisotopic (exact) mass is 337 g/mol. The lowest BCUT2D eigenvalue weighted by Crippen LogP contribution is -2.49. The number of carbonyl (C=O) groups excluding carboxylic acids is 1. The first kappa shape index (κ1) is 18.7. The number of carbonyl (C=O) groups is 1. The van der Waals surface area contributed by atoms with Gasteiger partial charge in [-0.2, -0.15) is 0 Å². The van der Waals surface area contributed by atoms with Gasteiger partial charge in [0.2, 0.25) is 0 Å². The molecule has 2 N–H and O–H groups in total. The number of pyridine rings is 1. The van der Waals surface area contributed by atoms with Crippen LogP contribution in [0.1, 0.15) is 33.3 Å². The fraction of sp³-hybridized carbons (Fsp3) is 0.333. The number of hydrogen-bond donors (Lipinski definition) is 2. The van der Waals surface area contributed by atoms with Crippen molar-refractivity contribution in [1.82, 2.24) is 15.6 Å². The summed E-state index contributed by atoms with van der Waals surface area (Å²) >= 11 is 0. The summed E-state index contributed by atoms with van der Waals surface area (Å²) < 4.78 is 0. The van der Waals surface area contributed by atoms with Gasteiger partial charge < -0.3 is 10.6 Å². The van der Waals surface area contributed by atoms with Crippen molar-refractivity contribution in [2.75, 3.05) is 0 Å². The minimum absolute atomic E-state index is 0.170. The molecule has 1 atom stereocenters. The van der Waals surface area contributed by atoms with Crippen LogP contribution in [0.5, 0.6) is 0 Å². The largest absolute Gasteiger partial charge is 0.334 e. The SMILES string of the molecule is C=C(C)C1(C)C=CC=C(C(C)(C)NC(=O)NCc2cccnc2)C=C1. The van der Waals surface area contributed by atoms with Crippen molar-refractivity contribution < 1.29 is 4.79 Å². The molecule has 0 saturated carbocycles. The molecule has 4 nitrogen and oxygen atoms in total. The quantitative estimate of drug-likeness (QED) is 0.787. The van der Waals surface area contributed by atoms with Crippen LogP contribution in [0.2, 0.25) is 0 Å². The van der Waals surface area contributed by atoms with Crippen LogP contribution < -0.4 is 10.6 Å². The van der Waals surface area contributed by atoms with E-state index in [1.807, 2.05) is 45.1 Å². The number of nitrogens with one attached hydrogen (secondary N) is 2. The van der Waals surface area contributed by atoms with Crippen molar-refractivity contribution in [3.63, 3.8) is 0 Å². The van der Waals surface area contributed by atoms with Gasteiger partial charge in [0.15, 0.2) is 0 Å². The van der Waals surface area contributed by atoms with E-state index in [9.17, 15) is 4.79 Å². The van der Waals surface area contributed by atoms with Gasteiger partial charge in [0.05, 0.1) is 5.54 Å². The van der Waals surface area contributed by atoms with E-state index in [-0.39, 0.29) is 11.4 Å². The van der Waals surface area contributed by atoms with Crippen molar-refractivity contribution in [3.8, 4) is 0 Å². The zero-order valence-corrected chi connectivity index (χ0v) is 15.5. The molecule has 2 amide bonds. The predicted molar refractivity (Wildman–Crippen MR) is 103 cm³/mol. The summed E-state index contributed by atoms with van der Waals surface area (Å²) in [5.41, 5.74) is 2.40. The van der Waals surface area contributed by atoms with Crippen LogP contribution in [0.15, 0.2) is 72.6 Å². The van der Waals surface area contributed by atoms with Gasteiger partial charge in [-0.25, -0.2) is 4.79 Å². The maximum atomic E-state index is 12.3. The predicted octanol–water partition coefficient (Wildman–Crippen LogP) is 4.29. The fourth-order valence-corrected chi connectivity index (χ4v) is 2.51. The van der Waals surface area contributed by atoms with Crippen LogP contribution in [0, 0.1) is 5.41 Å². The van der Waals surface area contributed by atoms with Crippen molar-refractivity contribution in [2.45, 2.75) is 39.8 Å². The van der Waals surface area contributed by atoms with E-state index in [4.69, 9.17) is 0 Å². The number of aromatic nitrogens is 1. The molecule has 1 aromatic heterocycles. The third kappa shape index (κ3) is 4.92. The molecule has 1 aliphatic carbocycles. The highest BCUT2D eigenvalue weighted by Gasteiger charge is 2.26. The molecule has 1 aliphatic rings. The lowest BCUT2D eigenvalue weighted by Gasteiger charge is -2.28. The molecule has 132 valence electrons. The molecule has 1 unspecified atom stereocenters. The number of rotatable bonds is 5. The van der Waals surface area contributed by atoms with Crippen molar-refractivity contribution in [3.05, 3.63) is 78.2 Å². The first-order valence-electron chi connectivity index (χ1n) is 8.43. The van der Waals surface area contributed by atoms with E-state index < -0.39 is 5.54 Å². The summed E-state index contributed by atoms with van der Waals surface area (Å²) in [4.78, 5) is 16.3. The third-order valence-electron chi connectivity index (χ3n) is 4.57. The van der Waals surface area contributed by atoms with Gasteiger partial charge in [-0.15, -0.1) is 0 Å². The lowest BCUT2D eigenvalue weighted by molar-refractivity contribution is 0.233. The molecule has 0 fully saturated rings.